The van der Waals surface area contributed by atoms with Crippen LogP contribution >= 0.6 is 27.3 Å². The van der Waals surface area contributed by atoms with Gasteiger partial charge in [0, 0.05) is 4.88 Å². The van der Waals surface area contributed by atoms with Crippen molar-refractivity contribution in [3.05, 3.63) is 55.7 Å². The highest BCUT2D eigenvalue weighted by Gasteiger charge is 2.16. The third kappa shape index (κ3) is 3.02. The fourth-order valence-corrected chi connectivity index (χ4v) is 3.65. The Kier molecular flexibility index (Phi) is 4.60. The van der Waals surface area contributed by atoms with Crippen molar-refractivity contribution in [2.75, 3.05) is 6.54 Å². The van der Waals surface area contributed by atoms with Crippen LogP contribution in [0.15, 0.2) is 34.1 Å². The summed E-state index contributed by atoms with van der Waals surface area (Å²) in [5, 5.41) is 3.56. The highest BCUT2D eigenvalue weighted by atomic mass is 79.9. The number of aryl methyl sites for hydroxylation is 2. The molecule has 2 rings (SSSR count). The molecule has 3 heteroatoms. The zero-order chi connectivity index (χ0) is 13.1. The normalized spacial score (nSPS) is 12.7. The average molecular weight is 324 g/mol. The van der Waals surface area contributed by atoms with Crippen molar-refractivity contribution in [2.45, 2.75) is 26.8 Å². The molecule has 0 bridgehead atoms. The largest absolute Gasteiger partial charge is 0.306 e. The van der Waals surface area contributed by atoms with Crippen molar-refractivity contribution in [3.63, 3.8) is 0 Å². The molecular formula is C15H18BrNS. The fraction of sp³-hybridized carbons (Fsp3) is 0.333. The summed E-state index contributed by atoms with van der Waals surface area (Å²) in [6.45, 7) is 7.38. The van der Waals surface area contributed by atoms with Crippen molar-refractivity contribution < 1.29 is 0 Å². The van der Waals surface area contributed by atoms with Crippen molar-refractivity contribution in [2.24, 2.45) is 0 Å². The molecule has 0 radical (unpaired) electrons. The van der Waals surface area contributed by atoms with E-state index in [1.54, 1.807) is 0 Å². The summed E-state index contributed by atoms with van der Waals surface area (Å²) in [6, 6.07) is 11.3. The van der Waals surface area contributed by atoms with Crippen LogP contribution in [0.3, 0.4) is 0 Å². The molecule has 0 fully saturated rings. The Morgan fingerprint density at radius 3 is 2.39 bits per heavy atom. The Morgan fingerprint density at radius 2 is 1.89 bits per heavy atom. The molecule has 1 unspecified atom stereocenters. The lowest BCUT2D eigenvalue weighted by Crippen LogP contribution is -2.21. The maximum Gasteiger partial charge on any atom is 0.0731 e. The van der Waals surface area contributed by atoms with Gasteiger partial charge in [-0.3, -0.25) is 0 Å². The van der Waals surface area contributed by atoms with Crippen molar-refractivity contribution in [1.29, 1.82) is 0 Å². The summed E-state index contributed by atoms with van der Waals surface area (Å²) in [6.07, 6.45) is 0. The lowest BCUT2D eigenvalue weighted by atomic mass is 10.0. The predicted molar refractivity (Wildman–Crippen MR) is 83.5 cm³/mol. The van der Waals surface area contributed by atoms with E-state index in [-0.39, 0.29) is 0 Å². The van der Waals surface area contributed by atoms with Crippen LogP contribution < -0.4 is 5.32 Å². The number of halogens is 1. The first-order valence-electron chi connectivity index (χ1n) is 6.17. The molecule has 1 aromatic heterocycles. The fourth-order valence-electron chi connectivity index (χ4n) is 1.97. The second kappa shape index (κ2) is 6.00. The summed E-state index contributed by atoms with van der Waals surface area (Å²) >= 11 is 5.43. The van der Waals surface area contributed by atoms with E-state index in [1.165, 1.54) is 25.4 Å². The van der Waals surface area contributed by atoms with Gasteiger partial charge in [-0.25, -0.2) is 0 Å². The van der Waals surface area contributed by atoms with Gasteiger partial charge in [-0.15, -0.1) is 11.3 Å². The lowest BCUT2D eigenvalue weighted by Gasteiger charge is -2.17. The number of hydrogen-bond acceptors (Lipinski definition) is 2. The molecule has 0 saturated heterocycles. The second-order valence-electron chi connectivity index (χ2n) is 4.51. The number of rotatable bonds is 4. The van der Waals surface area contributed by atoms with Crippen LogP contribution in [0.1, 0.15) is 34.5 Å². The number of hydrogen-bond donors (Lipinski definition) is 1. The molecule has 96 valence electrons. The SMILES string of the molecule is CCNC(c1ccc(C)cc1)c1cc(C)c(Br)s1. The highest BCUT2D eigenvalue weighted by molar-refractivity contribution is 9.11. The van der Waals surface area contributed by atoms with Crippen LogP contribution in [0, 0.1) is 13.8 Å². The monoisotopic (exact) mass is 323 g/mol. The summed E-state index contributed by atoms with van der Waals surface area (Å²) in [4.78, 5) is 1.37. The molecule has 0 aliphatic rings. The molecule has 0 aliphatic carbocycles. The van der Waals surface area contributed by atoms with Crippen molar-refractivity contribution in [3.8, 4) is 0 Å². The first-order chi connectivity index (χ1) is 8.61. The van der Waals surface area contributed by atoms with Gasteiger partial charge in [-0.05, 0) is 53.5 Å². The van der Waals surface area contributed by atoms with Crippen LogP contribution in [-0.4, -0.2) is 6.54 Å². The zero-order valence-electron chi connectivity index (χ0n) is 11.0. The molecule has 1 aromatic carbocycles. The van der Waals surface area contributed by atoms with E-state index in [1.807, 2.05) is 11.3 Å². The summed E-state index contributed by atoms with van der Waals surface area (Å²) in [5.41, 5.74) is 3.94. The zero-order valence-corrected chi connectivity index (χ0v) is 13.4. The van der Waals surface area contributed by atoms with E-state index in [0.717, 1.165) is 6.54 Å². The molecule has 18 heavy (non-hydrogen) atoms. The lowest BCUT2D eigenvalue weighted by molar-refractivity contribution is 0.639. The number of thiophene rings is 1. The molecule has 0 amide bonds. The van der Waals surface area contributed by atoms with Crippen LogP contribution in [0.25, 0.3) is 0 Å². The van der Waals surface area contributed by atoms with Crippen LogP contribution in [0.2, 0.25) is 0 Å². The smallest absolute Gasteiger partial charge is 0.0731 e. The predicted octanol–water partition coefficient (Wildman–Crippen LogP) is 4.83. The topological polar surface area (TPSA) is 12.0 Å². The van der Waals surface area contributed by atoms with Gasteiger partial charge in [0.2, 0.25) is 0 Å². The van der Waals surface area contributed by atoms with Crippen molar-refractivity contribution >= 4 is 27.3 Å². The molecule has 0 saturated carbocycles. The van der Waals surface area contributed by atoms with Gasteiger partial charge in [-0.1, -0.05) is 36.8 Å². The van der Waals surface area contributed by atoms with E-state index in [2.05, 4.69) is 72.3 Å². The third-order valence-corrected chi connectivity index (χ3v) is 5.18. The summed E-state index contributed by atoms with van der Waals surface area (Å²) < 4.78 is 1.23. The molecule has 2 aromatic rings. The Labute approximate surface area is 121 Å². The molecule has 0 spiro atoms. The number of benzene rings is 1. The van der Waals surface area contributed by atoms with Crippen LogP contribution in [-0.2, 0) is 0 Å². The molecule has 1 nitrogen and oxygen atoms in total. The first kappa shape index (κ1) is 13.8. The molecule has 1 heterocycles. The van der Waals surface area contributed by atoms with Gasteiger partial charge in [0.1, 0.15) is 0 Å². The molecule has 0 aliphatic heterocycles. The maximum atomic E-state index is 3.61. The van der Waals surface area contributed by atoms with E-state index >= 15 is 0 Å². The standard InChI is InChI=1S/C15H18BrNS/c1-4-17-14(12-7-5-10(2)6-8-12)13-9-11(3)15(16)18-13/h5-9,14,17H,4H2,1-3H3. The highest BCUT2D eigenvalue weighted by Crippen LogP contribution is 2.34. The molecular weight excluding hydrogens is 306 g/mol. The first-order valence-corrected chi connectivity index (χ1v) is 7.78. The Morgan fingerprint density at radius 1 is 1.22 bits per heavy atom. The minimum atomic E-state index is 0.297. The number of nitrogens with one attached hydrogen (secondary N) is 1. The van der Waals surface area contributed by atoms with E-state index in [4.69, 9.17) is 0 Å². The summed E-state index contributed by atoms with van der Waals surface area (Å²) in [7, 11) is 0. The minimum Gasteiger partial charge on any atom is -0.306 e. The van der Waals surface area contributed by atoms with E-state index in [0.29, 0.717) is 6.04 Å². The van der Waals surface area contributed by atoms with Gasteiger partial charge in [0.25, 0.3) is 0 Å². The Bertz CT molecular complexity index is 496. The quantitative estimate of drug-likeness (QED) is 0.850. The van der Waals surface area contributed by atoms with Gasteiger partial charge in [-0.2, -0.15) is 0 Å². The van der Waals surface area contributed by atoms with Gasteiger partial charge < -0.3 is 5.32 Å². The van der Waals surface area contributed by atoms with Gasteiger partial charge in [0.05, 0.1) is 9.83 Å². The van der Waals surface area contributed by atoms with Crippen LogP contribution in [0.5, 0.6) is 0 Å². The van der Waals surface area contributed by atoms with E-state index in [9.17, 15) is 0 Å². The van der Waals surface area contributed by atoms with Crippen molar-refractivity contribution in [1.82, 2.24) is 5.32 Å². The minimum absolute atomic E-state index is 0.297. The molecule has 1 atom stereocenters. The Hall–Kier alpha value is -0.640. The van der Waals surface area contributed by atoms with Crippen LogP contribution in [0.4, 0.5) is 0 Å². The average Bonchev–Trinajstić information content (AvgIpc) is 2.68. The van der Waals surface area contributed by atoms with Gasteiger partial charge in [0.15, 0.2) is 0 Å². The second-order valence-corrected chi connectivity index (χ2v) is 6.91. The van der Waals surface area contributed by atoms with E-state index < -0.39 is 0 Å². The third-order valence-electron chi connectivity index (χ3n) is 2.98. The van der Waals surface area contributed by atoms with Gasteiger partial charge >= 0.3 is 0 Å². The maximum absolute atomic E-state index is 3.61. The Balaban J connectivity index is 2.36. The summed E-state index contributed by atoms with van der Waals surface area (Å²) in [5.74, 6) is 0. The molecule has 1 N–H and O–H groups in total.